The molecule has 1 amide bonds. The third-order valence-corrected chi connectivity index (χ3v) is 2.39. The second-order valence-electron chi connectivity index (χ2n) is 4.25. The minimum atomic E-state index is -4.48. The third kappa shape index (κ3) is 4.86. The molecule has 0 radical (unpaired) electrons. The Morgan fingerprint density at radius 1 is 1.37 bits per heavy atom. The lowest BCUT2D eigenvalue weighted by Crippen LogP contribution is -2.41. The Bertz CT molecular complexity index is 446. The van der Waals surface area contributed by atoms with Crippen molar-refractivity contribution in [3.05, 3.63) is 35.6 Å². The number of likely N-dealkylation sites (N-methyl/N-ethyl adjacent to an activating group) is 1. The van der Waals surface area contributed by atoms with E-state index >= 15 is 0 Å². The summed E-state index contributed by atoms with van der Waals surface area (Å²) < 4.78 is 49.3. The van der Waals surface area contributed by atoms with Crippen molar-refractivity contribution in [3.63, 3.8) is 0 Å². The van der Waals surface area contributed by atoms with E-state index in [1.165, 1.54) is 37.2 Å². The third-order valence-electron chi connectivity index (χ3n) is 2.39. The van der Waals surface area contributed by atoms with Crippen molar-refractivity contribution >= 4 is 5.91 Å². The van der Waals surface area contributed by atoms with E-state index in [0.29, 0.717) is 5.56 Å². The van der Waals surface area contributed by atoms with E-state index in [9.17, 15) is 22.4 Å². The van der Waals surface area contributed by atoms with Crippen molar-refractivity contribution in [1.29, 1.82) is 0 Å². The molecule has 0 saturated carbocycles. The molecule has 1 N–H and O–H groups in total. The summed E-state index contributed by atoms with van der Waals surface area (Å²) in [5.41, 5.74) is 0.296. The van der Waals surface area contributed by atoms with E-state index in [4.69, 9.17) is 0 Å². The van der Waals surface area contributed by atoms with Gasteiger partial charge in [-0.3, -0.25) is 9.69 Å². The minimum Gasteiger partial charge on any atom is -0.345 e. The van der Waals surface area contributed by atoms with Crippen LogP contribution in [-0.2, 0) is 4.79 Å². The second kappa shape index (κ2) is 6.01. The van der Waals surface area contributed by atoms with E-state index in [0.717, 1.165) is 6.07 Å². The molecule has 19 heavy (non-hydrogen) atoms. The molecule has 1 aromatic rings. The van der Waals surface area contributed by atoms with Crippen LogP contribution in [0, 0.1) is 5.82 Å². The molecule has 1 rings (SSSR count). The van der Waals surface area contributed by atoms with Gasteiger partial charge in [0.15, 0.2) is 0 Å². The quantitative estimate of drug-likeness (QED) is 0.855. The smallest absolute Gasteiger partial charge is 0.345 e. The number of nitrogens with zero attached hydrogens (tertiary/aromatic N) is 1. The van der Waals surface area contributed by atoms with Crippen molar-refractivity contribution in [1.82, 2.24) is 10.2 Å². The van der Waals surface area contributed by atoms with Crippen LogP contribution >= 0.6 is 0 Å². The Balaban J connectivity index is 2.86. The van der Waals surface area contributed by atoms with Gasteiger partial charge in [0.25, 0.3) is 0 Å². The van der Waals surface area contributed by atoms with Gasteiger partial charge in [-0.05, 0) is 31.8 Å². The molecule has 3 nitrogen and oxygen atoms in total. The first-order valence-electron chi connectivity index (χ1n) is 5.47. The molecule has 0 aliphatic heterocycles. The summed E-state index contributed by atoms with van der Waals surface area (Å²) in [7, 11) is 3.06. The molecular weight excluding hydrogens is 264 g/mol. The lowest BCUT2D eigenvalue weighted by Gasteiger charge is -2.24. The number of hydrogen-bond acceptors (Lipinski definition) is 2. The van der Waals surface area contributed by atoms with Gasteiger partial charge < -0.3 is 5.32 Å². The van der Waals surface area contributed by atoms with Gasteiger partial charge in [0.05, 0.1) is 0 Å². The lowest BCUT2D eigenvalue weighted by atomic mass is 10.1. The number of benzene rings is 1. The highest BCUT2D eigenvalue weighted by Crippen LogP contribution is 2.20. The number of alkyl halides is 3. The Hall–Kier alpha value is -1.63. The highest BCUT2D eigenvalue weighted by Gasteiger charge is 2.30. The van der Waals surface area contributed by atoms with Crippen molar-refractivity contribution < 1.29 is 22.4 Å². The Kier molecular flexibility index (Phi) is 4.88. The summed E-state index contributed by atoms with van der Waals surface area (Å²) >= 11 is 0. The average Bonchev–Trinajstić information content (AvgIpc) is 2.25. The maximum absolute atomic E-state index is 13.1. The number of carbonyl (C=O) groups is 1. The number of hydrogen-bond donors (Lipinski definition) is 1. The monoisotopic (exact) mass is 278 g/mol. The fourth-order valence-electron chi connectivity index (χ4n) is 1.64. The summed E-state index contributed by atoms with van der Waals surface area (Å²) in [6.07, 6.45) is -4.48. The number of rotatable bonds is 4. The fourth-order valence-corrected chi connectivity index (χ4v) is 1.64. The number of amides is 1. The summed E-state index contributed by atoms with van der Waals surface area (Å²) in [4.78, 5) is 13.2. The zero-order chi connectivity index (χ0) is 14.6. The lowest BCUT2D eigenvalue weighted by molar-refractivity contribution is -0.141. The maximum Gasteiger partial charge on any atom is 0.405 e. The maximum atomic E-state index is 13.1. The van der Waals surface area contributed by atoms with Crippen LogP contribution in [0.15, 0.2) is 24.3 Å². The molecule has 0 fully saturated rings. The number of nitrogens with one attached hydrogen (secondary N) is 1. The first kappa shape index (κ1) is 15.4. The van der Waals surface area contributed by atoms with Gasteiger partial charge in [0, 0.05) is 0 Å². The van der Waals surface area contributed by atoms with E-state index < -0.39 is 30.5 Å². The second-order valence-corrected chi connectivity index (χ2v) is 4.25. The first-order valence-corrected chi connectivity index (χ1v) is 5.47. The summed E-state index contributed by atoms with van der Waals surface area (Å²) in [6.45, 7) is -1.41. The normalized spacial score (nSPS) is 13.4. The molecule has 0 aliphatic rings. The van der Waals surface area contributed by atoms with Gasteiger partial charge in [-0.2, -0.15) is 13.2 Å². The molecule has 0 aromatic heterocycles. The number of carbonyl (C=O) groups excluding carboxylic acids is 1. The van der Waals surface area contributed by atoms with Crippen LogP contribution in [0.2, 0.25) is 0 Å². The van der Waals surface area contributed by atoms with Crippen LogP contribution in [0.1, 0.15) is 11.6 Å². The Morgan fingerprint density at radius 2 is 2.00 bits per heavy atom. The van der Waals surface area contributed by atoms with Crippen molar-refractivity contribution in [2.45, 2.75) is 12.2 Å². The van der Waals surface area contributed by atoms with Gasteiger partial charge in [0.1, 0.15) is 18.4 Å². The zero-order valence-electron chi connectivity index (χ0n) is 10.5. The van der Waals surface area contributed by atoms with Crippen LogP contribution in [0.4, 0.5) is 17.6 Å². The van der Waals surface area contributed by atoms with Gasteiger partial charge in [-0.15, -0.1) is 0 Å². The largest absolute Gasteiger partial charge is 0.405 e. The predicted molar refractivity (Wildman–Crippen MR) is 61.9 cm³/mol. The highest BCUT2D eigenvalue weighted by molar-refractivity contribution is 5.83. The molecule has 0 spiro atoms. The van der Waals surface area contributed by atoms with E-state index in [1.54, 1.807) is 5.32 Å². The van der Waals surface area contributed by atoms with Gasteiger partial charge in [-0.25, -0.2) is 4.39 Å². The SMILES string of the molecule is CN(C)C(C(=O)NCC(F)(F)F)c1cccc(F)c1. The number of halogens is 4. The molecule has 0 saturated heterocycles. The van der Waals surface area contributed by atoms with Gasteiger partial charge in [-0.1, -0.05) is 12.1 Å². The predicted octanol–water partition coefficient (Wildman–Crippen LogP) is 2.11. The average molecular weight is 278 g/mol. The van der Waals surface area contributed by atoms with Crippen molar-refractivity contribution in [2.75, 3.05) is 20.6 Å². The fraction of sp³-hybridized carbons (Fsp3) is 0.417. The topological polar surface area (TPSA) is 32.3 Å². The van der Waals surface area contributed by atoms with Gasteiger partial charge >= 0.3 is 6.18 Å². The van der Waals surface area contributed by atoms with Crippen LogP contribution in [0.25, 0.3) is 0 Å². The molecule has 1 atom stereocenters. The molecule has 1 aromatic carbocycles. The van der Waals surface area contributed by atoms with Crippen molar-refractivity contribution in [2.24, 2.45) is 0 Å². The molecule has 1 unspecified atom stereocenters. The Labute approximate surface area is 108 Å². The van der Waals surface area contributed by atoms with Gasteiger partial charge in [0.2, 0.25) is 5.91 Å². The van der Waals surface area contributed by atoms with Crippen molar-refractivity contribution in [3.8, 4) is 0 Å². The molecule has 0 bridgehead atoms. The highest BCUT2D eigenvalue weighted by atomic mass is 19.4. The zero-order valence-corrected chi connectivity index (χ0v) is 10.5. The first-order chi connectivity index (χ1) is 8.70. The summed E-state index contributed by atoms with van der Waals surface area (Å²) in [6, 6.07) is 4.24. The standard InChI is InChI=1S/C12H14F4N2O/c1-18(2)10(8-4-3-5-9(13)6-8)11(19)17-7-12(14,15)16/h3-6,10H,7H2,1-2H3,(H,17,19). The van der Waals surface area contributed by atoms with E-state index in [1.807, 2.05) is 0 Å². The van der Waals surface area contributed by atoms with E-state index in [-0.39, 0.29) is 0 Å². The molecule has 0 aliphatic carbocycles. The molecular formula is C12H14F4N2O. The molecule has 7 heteroatoms. The molecule has 0 heterocycles. The van der Waals surface area contributed by atoms with E-state index in [2.05, 4.69) is 0 Å². The van der Waals surface area contributed by atoms with Crippen LogP contribution in [-0.4, -0.2) is 37.6 Å². The van der Waals surface area contributed by atoms with Crippen LogP contribution in [0.3, 0.4) is 0 Å². The van der Waals surface area contributed by atoms with Crippen LogP contribution < -0.4 is 5.32 Å². The van der Waals surface area contributed by atoms with Crippen LogP contribution in [0.5, 0.6) is 0 Å². The summed E-state index contributed by atoms with van der Waals surface area (Å²) in [5, 5.41) is 1.79. The summed E-state index contributed by atoms with van der Waals surface area (Å²) in [5.74, 6) is -1.37. The molecule has 106 valence electrons. The minimum absolute atomic E-state index is 0.296. The Morgan fingerprint density at radius 3 is 2.47 bits per heavy atom.